The van der Waals surface area contributed by atoms with Crippen molar-refractivity contribution in [3.8, 4) is 0 Å². The molecule has 0 heterocycles. The average molecular weight is 503 g/mol. The van der Waals surface area contributed by atoms with E-state index in [1.54, 1.807) is 91.7 Å². The number of carbonyl (C=O) groups excluding carboxylic acids is 3. The van der Waals surface area contributed by atoms with Crippen LogP contribution < -0.4 is 0 Å². The Labute approximate surface area is 229 Å². The minimum absolute atomic E-state index is 0. The molecule has 1 aliphatic rings. The number of hydrogen-bond acceptors (Lipinski definition) is 3. The van der Waals surface area contributed by atoms with E-state index in [4.69, 9.17) is 0 Å². The molecular weight excluding hydrogens is 468 g/mol. The Morgan fingerprint density at radius 3 is 0.914 bits per heavy atom. The van der Waals surface area contributed by atoms with Crippen LogP contribution in [0.25, 0.3) is 0 Å². The Balaban J connectivity index is -0.0000000765. The van der Waals surface area contributed by atoms with Crippen LogP contribution in [0.5, 0.6) is 0 Å². The van der Waals surface area contributed by atoms with Gasteiger partial charge in [0, 0.05) is 21.7 Å². The summed E-state index contributed by atoms with van der Waals surface area (Å²) in [6, 6.07) is 26.7. The summed E-state index contributed by atoms with van der Waals surface area (Å²) in [4.78, 5) is 29.6. The van der Waals surface area contributed by atoms with Crippen LogP contribution in [0.15, 0.2) is 109 Å². The maximum atomic E-state index is 9.88. The molecule has 0 unspecified atom stereocenters. The Morgan fingerprint density at radius 1 is 0.514 bits per heavy atom. The van der Waals surface area contributed by atoms with Gasteiger partial charge in [-0.3, -0.25) is 6.08 Å². The van der Waals surface area contributed by atoms with Crippen LogP contribution in [-0.2, 0) is 36.1 Å². The van der Waals surface area contributed by atoms with Crippen molar-refractivity contribution in [1.82, 2.24) is 0 Å². The molecule has 4 heteroatoms. The molecule has 35 heavy (non-hydrogen) atoms. The number of rotatable bonds is 3. The van der Waals surface area contributed by atoms with Crippen molar-refractivity contribution in [2.45, 2.75) is 6.42 Å². The summed E-state index contributed by atoms with van der Waals surface area (Å²) in [6.45, 7) is 0. The van der Waals surface area contributed by atoms with Gasteiger partial charge >= 0.3 is 0 Å². The summed E-state index contributed by atoms with van der Waals surface area (Å²) in [5.74, 6) is 0. The van der Waals surface area contributed by atoms with Crippen LogP contribution in [0.2, 0.25) is 0 Å². The van der Waals surface area contributed by atoms with Crippen LogP contribution in [0.3, 0.4) is 0 Å². The minimum Gasteiger partial charge on any atom is -0.376 e. The van der Waals surface area contributed by atoms with Gasteiger partial charge in [-0.15, -0.1) is 42.8 Å². The maximum absolute atomic E-state index is 9.88. The minimum atomic E-state index is 0. The van der Waals surface area contributed by atoms with Crippen molar-refractivity contribution < 1.29 is 36.1 Å². The van der Waals surface area contributed by atoms with E-state index in [1.807, 2.05) is 30.4 Å². The van der Waals surface area contributed by atoms with E-state index >= 15 is 0 Å². The van der Waals surface area contributed by atoms with Gasteiger partial charge in [0.25, 0.3) is 0 Å². The van der Waals surface area contributed by atoms with E-state index in [9.17, 15) is 14.4 Å². The molecule has 0 aliphatic heterocycles. The SMILES string of the molecule is O=[C-]c1ccccc1.O=[C-]c1ccccc1.O=[C-]c1ccccc1.[C-]1=CC=CC1.[CH3-].[CH3-].[CH3-].[CH3-].[CH3-].[Ti]. The second-order valence-electron chi connectivity index (χ2n) is 5.41. The molecule has 3 aromatic carbocycles. The number of allylic oxidation sites excluding steroid dienone is 4. The maximum Gasteiger partial charge on any atom is 0.0627 e. The van der Waals surface area contributed by atoms with E-state index in [0.29, 0.717) is 16.7 Å². The molecule has 0 amide bonds. The second-order valence-corrected chi connectivity index (χ2v) is 5.41. The number of hydrogen-bond donors (Lipinski definition) is 0. The van der Waals surface area contributed by atoms with Gasteiger partial charge in [0.15, 0.2) is 0 Å². The van der Waals surface area contributed by atoms with Crippen molar-refractivity contribution in [3.05, 3.63) is 169 Å². The quantitative estimate of drug-likeness (QED) is 0.286. The standard InChI is InChI=1S/3C7H5O.C5H5.5CH3.Ti/c3*8-6-7-4-2-1-3-5-7;1-2-4-5-3-1;;;;;;/h3*1-5H;1-3H,4H2;5*1H3;/q9*-1;. The molecule has 3 nitrogen and oxygen atoms in total. The third-order valence-corrected chi connectivity index (χ3v) is 3.26. The molecular formula is C31H35O3Ti-9. The number of benzene rings is 3. The second kappa shape index (κ2) is 33.0. The summed E-state index contributed by atoms with van der Waals surface area (Å²) in [5.41, 5.74) is 1.81. The van der Waals surface area contributed by atoms with E-state index in [0.717, 1.165) is 6.42 Å². The molecule has 0 bridgehead atoms. The van der Waals surface area contributed by atoms with Crippen LogP contribution in [-0.4, -0.2) is 18.9 Å². The summed E-state index contributed by atoms with van der Waals surface area (Å²) in [6.07, 6.45) is 15.3. The van der Waals surface area contributed by atoms with E-state index in [2.05, 4.69) is 12.2 Å². The van der Waals surface area contributed by atoms with Crippen molar-refractivity contribution in [1.29, 1.82) is 0 Å². The molecule has 0 aromatic heterocycles. The van der Waals surface area contributed by atoms with Gasteiger partial charge in [0.2, 0.25) is 0 Å². The average Bonchev–Trinajstić information content (AvgIpc) is 3.42. The molecule has 0 spiro atoms. The van der Waals surface area contributed by atoms with Crippen molar-refractivity contribution in [2.75, 3.05) is 0 Å². The van der Waals surface area contributed by atoms with Gasteiger partial charge in [-0.2, -0.15) is 59.2 Å². The first-order valence-corrected chi connectivity index (χ1v) is 8.81. The largest absolute Gasteiger partial charge is 0.376 e. The summed E-state index contributed by atoms with van der Waals surface area (Å²) in [5, 5.41) is 0. The first-order chi connectivity index (χ1) is 14.3. The molecule has 1 aliphatic carbocycles. The zero-order valence-corrected chi connectivity index (χ0v) is 22.9. The van der Waals surface area contributed by atoms with Crippen LogP contribution in [0, 0.1) is 43.2 Å². The Morgan fingerprint density at radius 2 is 0.800 bits per heavy atom. The zero-order valence-electron chi connectivity index (χ0n) is 21.3. The molecule has 0 radical (unpaired) electrons. The molecule has 0 N–H and O–H groups in total. The topological polar surface area (TPSA) is 51.2 Å². The van der Waals surface area contributed by atoms with Gasteiger partial charge in [-0.05, 0) is 0 Å². The molecule has 0 saturated heterocycles. The first-order valence-electron chi connectivity index (χ1n) is 8.81. The van der Waals surface area contributed by atoms with Crippen LogP contribution in [0.1, 0.15) is 23.1 Å². The Kier molecular flexibility index (Phi) is 42.8. The van der Waals surface area contributed by atoms with Gasteiger partial charge in [0.05, 0.1) is 18.9 Å². The smallest absolute Gasteiger partial charge is 0.0627 e. The van der Waals surface area contributed by atoms with E-state index in [1.165, 1.54) is 0 Å². The molecule has 4 rings (SSSR count). The zero-order chi connectivity index (χ0) is 21.0. The fraction of sp³-hybridized carbons (Fsp3) is 0.0323. The van der Waals surface area contributed by atoms with Gasteiger partial charge in [-0.1, -0.05) is 18.2 Å². The fourth-order valence-corrected chi connectivity index (χ4v) is 1.86. The molecule has 3 aromatic rings. The Hall–Kier alpha value is -3.14. The van der Waals surface area contributed by atoms with Crippen molar-refractivity contribution in [2.24, 2.45) is 0 Å². The first kappa shape index (κ1) is 45.4. The summed E-state index contributed by atoms with van der Waals surface area (Å²) >= 11 is 0. The van der Waals surface area contributed by atoms with Crippen molar-refractivity contribution in [3.63, 3.8) is 0 Å². The predicted molar refractivity (Wildman–Crippen MR) is 147 cm³/mol. The van der Waals surface area contributed by atoms with Crippen LogP contribution >= 0.6 is 0 Å². The van der Waals surface area contributed by atoms with Gasteiger partial charge in [-0.25, -0.2) is 12.2 Å². The van der Waals surface area contributed by atoms with Gasteiger partial charge < -0.3 is 51.5 Å². The van der Waals surface area contributed by atoms with E-state index < -0.39 is 0 Å². The normalized spacial score (nSPS) is 8.34. The monoisotopic (exact) mass is 503 g/mol. The Bertz CT molecular complexity index is 761. The van der Waals surface area contributed by atoms with E-state index in [-0.39, 0.29) is 58.9 Å². The fourth-order valence-electron chi connectivity index (χ4n) is 1.86. The predicted octanol–water partition coefficient (Wildman–Crippen LogP) is 6.99. The third kappa shape index (κ3) is 25.3. The van der Waals surface area contributed by atoms with Crippen molar-refractivity contribution >= 4 is 18.9 Å². The van der Waals surface area contributed by atoms with Crippen LogP contribution in [0.4, 0.5) is 0 Å². The summed E-state index contributed by atoms with van der Waals surface area (Å²) < 4.78 is 0. The third-order valence-electron chi connectivity index (χ3n) is 3.26. The molecule has 0 saturated carbocycles. The summed E-state index contributed by atoms with van der Waals surface area (Å²) in [7, 11) is 0. The molecule has 0 atom stereocenters. The molecule has 0 fully saturated rings. The van der Waals surface area contributed by atoms with Gasteiger partial charge in [0.1, 0.15) is 0 Å². The molecule has 190 valence electrons.